The standard InChI is InChI=1S/C19H20N4O2/c20-12-15-3-1-5-19(22-15)23-8-2-4-16(13-23)21-14-6-7-17-18(11-14)25-10-9-24-17/h1,3,5-7,11,16,21H,2,4,8-10,13H2/t16-/m1/s1. The molecule has 6 heteroatoms. The van der Waals surface area contributed by atoms with Crippen LogP contribution in [-0.4, -0.2) is 37.3 Å². The first kappa shape index (κ1) is 15.6. The van der Waals surface area contributed by atoms with Gasteiger partial charge in [-0.05, 0) is 37.1 Å². The first-order valence-electron chi connectivity index (χ1n) is 8.60. The van der Waals surface area contributed by atoms with Crippen molar-refractivity contribution in [2.75, 3.05) is 36.5 Å². The normalized spacial score (nSPS) is 19.2. The molecule has 0 radical (unpaired) electrons. The summed E-state index contributed by atoms with van der Waals surface area (Å²) in [6.45, 7) is 3.01. The Morgan fingerprint density at radius 2 is 2.04 bits per heavy atom. The van der Waals surface area contributed by atoms with Gasteiger partial charge in [0, 0.05) is 30.9 Å². The average molecular weight is 336 g/mol. The minimum absolute atomic E-state index is 0.323. The van der Waals surface area contributed by atoms with Crippen molar-refractivity contribution in [3.63, 3.8) is 0 Å². The number of nitrogens with one attached hydrogen (secondary N) is 1. The number of anilines is 2. The van der Waals surface area contributed by atoms with Crippen molar-refractivity contribution in [1.29, 1.82) is 5.26 Å². The van der Waals surface area contributed by atoms with Crippen molar-refractivity contribution in [2.24, 2.45) is 0 Å². The topological polar surface area (TPSA) is 70.4 Å². The number of aromatic nitrogens is 1. The van der Waals surface area contributed by atoms with Crippen molar-refractivity contribution in [3.05, 3.63) is 42.1 Å². The van der Waals surface area contributed by atoms with Crippen LogP contribution in [0, 0.1) is 11.3 Å². The van der Waals surface area contributed by atoms with Gasteiger partial charge in [-0.15, -0.1) is 0 Å². The van der Waals surface area contributed by atoms with Gasteiger partial charge in [0.15, 0.2) is 11.5 Å². The molecular weight excluding hydrogens is 316 g/mol. The third-order valence-corrected chi connectivity index (χ3v) is 4.51. The summed E-state index contributed by atoms with van der Waals surface area (Å²) >= 11 is 0. The van der Waals surface area contributed by atoms with E-state index in [1.54, 1.807) is 6.07 Å². The van der Waals surface area contributed by atoms with E-state index in [4.69, 9.17) is 14.7 Å². The van der Waals surface area contributed by atoms with Crippen molar-refractivity contribution in [1.82, 2.24) is 4.98 Å². The van der Waals surface area contributed by atoms with Crippen molar-refractivity contribution >= 4 is 11.5 Å². The van der Waals surface area contributed by atoms with Crippen LogP contribution in [0.5, 0.6) is 11.5 Å². The molecule has 0 aliphatic carbocycles. The average Bonchev–Trinajstić information content (AvgIpc) is 2.68. The third kappa shape index (κ3) is 3.45. The second-order valence-electron chi connectivity index (χ2n) is 6.28. The number of ether oxygens (including phenoxy) is 2. The van der Waals surface area contributed by atoms with E-state index in [0.29, 0.717) is 24.9 Å². The van der Waals surface area contributed by atoms with Crippen molar-refractivity contribution in [3.8, 4) is 17.6 Å². The molecule has 1 aromatic heterocycles. The highest BCUT2D eigenvalue weighted by molar-refractivity contribution is 5.56. The lowest BCUT2D eigenvalue weighted by Crippen LogP contribution is -2.42. The maximum absolute atomic E-state index is 9.04. The highest BCUT2D eigenvalue weighted by Gasteiger charge is 2.22. The molecule has 0 saturated carbocycles. The molecule has 1 N–H and O–H groups in total. The number of nitrogens with zero attached hydrogens (tertiary/aromatic N) is 3. The predicted octanol–water partition coefficient (Wildman–Crippen LogP) is 2.81. The molecular formula is C19H20N4O2. The van der Waals surface area contributed by atoms with Gasteiger partial charge in [-0.2, -0.15) is 5.26 Å². The molecule has 1 saturated heterocycles. The summed E-state index contributed by atoms with van der Waals surface area (Å²) in [5.74, 6) is 2.47. The van der Waals surface area contributed by atoms with Crippen LogP contribution in [0.1, 0.15) is 18.5 Å². The number of piperidine rings is 1. The van der Waals surface area contributed by atoms with E-state index in [-0.39, 0.29) is 0 Å². The van der Waals surface area contributed by atoms with Gasteiger partial charge < -0.3 is 19.7 Å². The van der Waals surface area contributed by atoms with Gasteiger partial charge in [0.25, 0.3) is 0 Å². The van der Waals surface area contributed by atoms with Crippen LogP contribution >= 0.6 is 0 Å². The zero-order chi connectivity index (χ0) is 17.1. The van der Waals surface area contributed by atoms with E-state index in [0.717, 1.165) is 48.9 Å². The molecule has 6 nitrogen and oxygen atoms in total. The fourth-order valence-corrected chi connectivity index (χ4v) is 3.33. The van der Waals surface area contributed by atoms with E-state index in [9.17, 15) is 0 Å². The van der Waals surface area contributed by atoms with Gasteiger partial charge in [-0.3, -0.25) is 0 Å². The number of hydrogen-bond donors (Lipinski definition) is 1. The Morgan fingerprint density at radius 3 is 2.92 bits per heavy atom. The highest BCUT2D eigenvalue weighted by atomic mass is 16.6. The highest BCUT2D eigenvalue weighted by Crippen LogP contribution is 2.33. The van der Waals surface area contributed by atoms with Gasteiger partial charge >= 0.3 is 0 Å². The quantitative estimate of drug-likeness (QED) is 0.929. The maximum Gasteiger partial charge on any atom is 0.163 e. The first-order valence-corrected chi connectivity index (χ1v) is 8.60. The SMILES string of the molecule is N#Cc1cccc(N2CCC[C@@H](Nc3ccc4c(c3)OCCO4)C2)n1. The first-order chi connectivity index (χ1) is 12.3. The van der Waals surface area contributed by atoms with Gasteiger partial charge in [0.05, 0.1) is 0 Å². The molecule has 0 unspecified atom stereocenters. The van der Waals surface area contributed by atoms with E-state index in [1.807, 2.05) is 30.3 Å². The second-order valence-corrected chi connectivity index (χ2v) is 6.28. The van der Waals surface area contributed by atoms with Crippen LogP contribution in [0.25, 0.3) is 0 Å². The Hall–Kier alpha value is -2.94. The molecule has 0 spiro atoms. The van der Waals surface area contributed by atoms with Crippen LogP contribution in [0.4, 0.5) is 11.5 Å². The largest absolute Gasteiger partial charge is 0.486 e. The maximum atomic E-state index is 9.04. The molecule has 0 bridgehead atoms. The molecule has 2 aliphatic heterocycles. The molecule has 3 heterocycles. The summed E-state index contributed by atoms with van der Waals surface area (Å²) in [5.41, 5.74) is 1.49. The number of rotatable bonds is 3. The Labute approximate surface area is 147 Å². The minimum Gasteiger partial charge on any atom is -0.486 e. The smallest absolute Gasteiger partial charge is 0.163 e. The number of fused-ring (bicyclic) bond motifs is 1. The number of hydrogen-bond acceptors (Lipinski definition) is 6. The summed E-state index contributed by atoms with van der Waals surface area (Å²) in [5, 5.41) is 12.6. The lowest BCUT2D eigenvalue weighted by atomic mass is 10.0. The van der Waals surface area contributed by atoms with E-state index in [1.165, 1.54) is 0 Å². The Morgan fingerprint density at radius 1 is 1.16 bits per heavy atom. The predicted molar refractivity (Wildman–Crippen MR) is 95.2 cm³/mol. The Bertz CT molecular complexity index is 802. The molecule has 1 atom stereocenters. The molecule has 25 heavy (non-hydrogen) atoms. The van der Waals surface area contributed by atoms with Crippen LogP contribution < -0.4 is 19.7 Å². The summed E-state index contributed by atoms with van der Waals surface area (Å²) in [4.78, 5) is 6.65. The fourth-order valence-electron chi connectivity index (χ4n) is 3.33. The molecule has 1 aromatic carbocycles. The van der Waals surface area contributed by atoms with Crippen molar-refractivity contribution < 1.29 is 9.47 Å². The fraction of sp³-hybridized carbons (Fsp3) is 0.368. The van der Waals surface area contributed by atoms with E-state index in [2.05, 4.69) is 21.3 Å². The second kappa shape index (κ2) is 6.89. The molecule has 4 rings (SSSR count). The van der Waals surface area contributed by atoms with Gasteiger partial charge in [0.1, 0.15) is 30.8 Å². The van der Waals surface area contributed by atoms with E-state index < -0.39 is 0 Å². The lowest BCUT2D eigenvalue weighted by molar-refractivity contribution is 0.171. The molecule has 128 valence electrons. The molecule has 2 aliphatic rings. The minimum atomic E-state index is 0.323. The molecule has 1 fully saturated rings. The zero-order valence-corrected chi connectivity index (χ0v) is 13.9. The van der Waals surface area contributed by atoms with Crippen molar-refractivity contribution in [2.45, 2.75) is 18.9 Å². The summed E-state index contributed by atoms with van der Waals surface area (Å²) in [7, 11) is 0. The van der Waals surface area contributed by atoms with Gasteiger partial charge in [0.2, 0.25) is 0 Å². The van der Waals surface area contributed by atoms with Gasteiger partial charge in [-0.1, -0.05) is 6.07 Å². The summed E-state index contributed by atoms with van der Waals surface area (Å²) < 4.78 is 11.2. The van der Waals surface area contributed by atoms with Crippen LogP contribution in [0.15, 0.2) is 36.4 Å². The zero-order valence-electron chi connectivity index (χ0n) is 13.9. The number of benzene rings is 1. The number of pyridine rings is 1. The van der Waals surface area contributed by atoms with Crippen LogP contribution in [0.3, 0.4) is 0 Å². The Balaban J connectivity index is 1.45. The summed E-state index contributed by atoms with van der Waals surface area (Å²) in [6.07, 6.45) is 2.18. The Kier molecular flexibility index (Phi) is 4.30. The van der Waals surface area contributed by atoms with Gasteiger partial charge in [-0.25, -0.2) is 4.98 Å². The van der Waals surface area contributed by atoms with Crippen LogP contribution in [-0.2, 0) is 0 Å². The number of nitriles is 1. The lowest BCUT2D eigenvalue weighted by Gasteiger charge is -2.34. The third-order valence-electron chi connectivity index (χ3n) is 4.51. The molecule has 2 aromatic rings. The van der Waals surface area contributed by atoms with E-state index >= 15 is 0 Å². The molecule has 0 amide bonds. The monoisotopic (exact) mass is 336 g/mol. The van der Waals surface area contributed by atoms with Crippen LogP contribution in [0.2, 0.25) is 0 Å². The summed E-state index contributed by atoms with van der Waals surface area (Å²) in [6, 6.07) is 14.0.